The van der Waals surface area contributed by atoms with Crippen LogP contribution >= 0.6 is 0 Å². The number of rotatable bonds is 3. The highest BCUT2D eigenvalue weighted by molar-refractivity contribution is 4.93. The monoisotopic (exact) mass is 229 g/mol. The van der Waals surface area contributed by atoms with Crippen LogP contribution in [0.15, 0.2) is 0 Å². The van der Waals surface area contributed by atoms with Crippen molar-refractivity contribution in [3.8, 4) is 0 Å². The SMILES string of the molecule is OCC[C@@H]1[C@@H](O)[C@H](O)CN1CC(F)(F)F. The normalized spacial score (nSPS) is 33.6. The molecule has 0 unspecified atom stereocenters. The topological polar surface area (TPSA) is 63.9 Å². The predicted molar refractivity (Wildman–Crippen MR) is 45.1 cm³/mol. The first kappa shape index (κ1) is 12.7. The Morgan fingerprint density at radius 1 is 1.27 bits per heavy atom. The summed E-state index contributed by atoms with van der Waals surface area (Å²) in [5, 5.41) is 27.3. The summed E-state index contributed by atoms with van der Waals surface area (Å²) in [6, 6.07) is -0.827. The van der Waals surface area contributed by atoms with Gasteiger partial charge in [-0.15, -0.1) is 0 Å². The van der Waals surface area contributed by atoms with Crippen molar-refractivity contribution >= 4 is 0 Å². The molecule has 0 radical (unpaired) electrons. The second-order valence-corrected chi connectivity index (χ2v) is 3.68. The molecule has 1 rings (SSSR count). The lowest BCUT2D eigenvalue weighted by Gasteiger charge is -2.25. The summed E-state index contributed by atoms with van der Waals surface area (Å²) < 4.78 is 36.3. The Morgan fingerprint density at radius 3 is 2.33 bits per heavy atom. The Morgan fingerprint density at radius 2 is 1.87 bits per heavy atom. The Balaban J connectivity index is 2.62. The van der Waals surface area contributed by atoms with Gasteiger partial charge < -0.3 is 15.3 Å². The molecule has 0 saturated carbocycles. The highest BCUT2D eigenvalue weighted by Gasteiger charge is 2.43. The first-order valence-corrected chi connectivity index (χ1v) is 4.63. The van der Waals surface area contributed by atoms with E-state index in [1.165, 1.54) is 0 Å². The molecule has 7 heteroatoms. The van der Waals surface area contributed by atoms with E-state index in [2.05, 4.69) is 0 Å². The maximum absolute atomic E-state index is 12.1. The molecule has 1 aliphatic rings. The molecule has 0 bridgehead atoms. The number of aliphatic hydroxyl groups is 3. The van der Waals surface area contributed by atoms with Crippen LogP contribution in [0.1, 0.15) is 6.42 Å². The highest BCUT2D eigenvalue weighted by Crippen LogP contribution is 2.26. The lowest BCUT2D eigenvalue weighted by atomic mass is 10.1. The number of alkyl halides is 3. The van der Waals surface area contributed by atoms with Gasteiger partial charge in [0.1, 0.15) is 0 Å². The van der Waals surface area contributed by atoms with Crippen molar-refractivity contribution in [1.29, 1.82) is 0 Å². The zero-order chi connectivity index (χ0) is 11.6. The predicted octanol–water partition coefficient (Wildman–Crippen LogP) is -0.663. The third kappa shape index (κ3) is 3.30. The van der Waals surface area contributed by atoms with E-state index in [0.717, 1.165) is 4.90 Å². The van der Waals surface area contributed by atoms with Crippen LogP contribution in [0.4, 0.5) is 13.2 Å². The van der Waals surface area contributed by atoms with Crippen molar-refractivity contribution in [3.05, 3.63) is 0 Å². The van der Waals surface area contributed by atoms with E-state index < -0.39 is 31.0 Å². The first-order valence-electron chi connectivity index (χ1n) is 4.63. The molecule has 15 heavy (non-hydrogen) atoms. The summed E-state index contributed by atoms with van der Waals surface area (Å²) >= 11 is 0. The van der Waals surface area contributed by atoms with Crippen LogP contribution in [0, 0.1) is 0 Å². The minimum atomic E-state index is -4.36. The summed E-state index contributed by atoms with van der Waals surface area (Å²) in [5.74, 6) is 0. The van der Waals surface area contributed by atoms with E-state index in [1.807, 2.05) is 0 Å². The fourth-order valence-electron chi connectivity index (χ4n) is 1.85. The molecular formula is C8H14F3NO3. The van der Waals surface area contributed by atoms with Gasteiger partial charge in [-0.2, -0.15) is 13.2 Å². The van der Waals surface area contributed by atoms with Crippen molar-refractivity contribution in [3.63, 3.8) is 0 Å². The second-order valence-electron chi connectivity index (χ2n) is 3.68. The van der Waals surface area contributed by atoms with Gasteiger partial charge in [-0.3, -0.25) is 4.90 Å². The molecule has 0 amide bonds. The van der Waals surface area contributed by atoms with Gasteiger partial charge in [0.05, 0.1) is 18.8 Å². The molecule has 0 aromatic carbocycles. The van der Waals surface area contributed by atoms with Crippen LogP contribution < -0.4 is 0 Å². The van der Waals surface area contributed by atoms with Crippen LogP contribution in [0.5, 0.6) is 0 Å². The van der Waals surface area contributed by atoms with E-state index in [0.29, 0.717) is 0 Å². The van der Waals surface area contributed by atoms with E-state index in [9.17, 15) is 23.4 Å². The number of likely N-dealkylation sites (tertiary alicyclic amines) is 1. The molecule has 0 aromatic rings. The van der Waals surface area contributed by atoms with Gasteiger partial charge in [-0.05, 0) is 6.42 Å². The number of aliphatic hydroxyl groups excluding tert-OH is 3. The molecule has 3 atom stereocenters. The molecule has 1 saturated heterocycles. The molecule has 1 heterocycles. The Bertz CT molecular complexity index is 212. The maximum Gasteiger partial charge on any atom is 0.401 e. The lowest BCUT2D eigenvalue weighted by molar-refractivity contribution is -0.149. The van der Waals surface area contributed by atoms with Crippen LogP contribution in [0.2, 0.25) is 0 Å². The molecule has 1 fully saturated rings. The average molecular weight is 229 g/mol. The Labute approximate surface area is 84.9 Å². The molecule has 90 valence electrons. The third-order valence-corrected chi connectivity index (χ3v) is 2.49. The summed E-state index contributed by atoms with van der Waals surface area (Å²) in [6.07, 6.45) is -6.74. The number of nitrogens with zero attached hydrogens (tertiary/aromatic N) is 1. The van der Waals surface area contributed by atoms with Gasteiger partial charge >= 0.3 is 6.18 Å². The summed E-state index contributed by atoms with van der Waals surface area (Å²) in [4.78, 5) is 0.950. The molecule has 0 aliphatic carbocycles. The number of hydrogen-bond acceptors (Lipinski definition) is 4. The molecule has 0 spiro atoms. The minimum absolute atomic E-state index is 0.0221. The van der Waals surface area contributed by atoms with Crippen molar-refractivity contribution in [2.75, 3.05) is 19.7 Å². The van der Waals surface area contributed by atoms with Crippen LogP contribution in [0.3, 0.4) is 0 Å². The van der Waals surface area contributed by atoms with Gasteiger partial charge in [0.25, 0.3) is 0 Å². The van der Waals surface area contributed by atoms with E-state index in [1.54, 1.807) is 0 Å². The molecule has 1 aliphatic heterocycles. The van der Waals surface area contributed by atoms with Crippen molar-refractivity contribution in [2.45, 2.75) is 30.8 Å². The average Bonchev–Trinajstić information content (AvgIpc) is 2.30. The molecular weight excluding hydrogens is 215 g/mol. The largest absolute Gasteiger partial charge is 0.401 e. The Kier molecular flexibility index (Phi) is 3.93. The first-order chi connectivity index (χ1) is 6.85. The van der Waals surface area contributed by atoms with E-state index >= 15 is 0 Å². The summed E-state index contributed by atoms with van der Waals surface area (Å²) in [5.41, 5.74) is 0. The zero-order valence-corrected chi connectivity index (χ0v) is 7.98. The van der Waals surface area contributed by atoms with Crippen LogP contribution in [-0.2, 0) is 0 Å². The van der Waals surface area contributed by atoms with Gasteiger partial charge in [-0.25, -0.2) is 0 Å². The van der Waals surface area contributed by atoms with E-state index in [-0.39, 0.29) is 19.6 Å². The smallest absolute Gasteiger partial charge is 0.396 e. The fourth-order valence-corrected chi connectivity index (χ4v) is 1.85. The number of halogens is 3. The van der Waals surface area contributed by atoms with Gasteiger partial charge in [0.15, 0.2) is 0 Å². The standard InChI is InChI=1S/C8H14F3NO3/c9-8(10,11)4-12-3-6(14)7(15)5(12)1-2-13/h5-7,13-15H,1-4H2/t5-,6-,7-/m1/s1. The Hall–Kier alpha value is -0.370. The summed E-state index contributed by atoms with van der Waals surface area (Å²) in [6.45, 7) is -1.71. The van der Waals surface area contributed by atoms with Gasteiger partial charge in [0, 0.05) is 19.2 Å². The molecule has 4 nitrogen and oxygen atoms in total. The highest BCUT2D eigenvalue weighted by atomic mass is 19.4. The molecule has 3 N–H and O–H groups in total. The summed E-state index contributed by atoms with van der Waals surface area (Å²) in [7, 11) is 0. The van der Waals surface area contributed by atoms with Crippen LogP contribution in [0.25, 0.3) is 0 Å². The lowest BCUT2D eigenvalue weighted by Crippen LogP contribution is -2.41. The van der Waals surface area contributed by atoms with Crippen molar-refractivity contribution < 1.29 is 28.5 Å². The number of β-amino-alcohol motifs (C(OH)–C–C–N with tert-alkyl or cyclic N) is 1. The molecule has 0 aromatic heterocycles. The van der Waals surface area contributed by atoms with Crippen LogP contribution in [-0.4, -0.2) is 64.3 Å². The van der Waals surface area contributed by atoms with E-state index in [4.69, 9.17) is 5.11 Å². The van der Waals surface area contributed by atoms with Crippen molar-refractivity contribution in [2.24, 2.45) is 0 Å². The number of hydrogen-bond donors (Lipinski definition) is 3. The van der Waals surface area contributed by atoms with Gasteiger partial charge in [-0.1, -0.05) is 0 Å². The maximum atomic E-state index is 12.1. The second kappa shape index (κ2) is 4.65. The fraction of sp³-hybridized carbons (Fsp3) is 1.00. The third-order valence-electron chi connectivity index (χ3n) is 2.49. The van der Waals surface area contributed by atoms with Crippen molar-refractivity contribution in [1.82, 2.24) is 4.90 Å². The minimum Gasteiger partial charge on any atom is -0.396 e. The zero-order valence-electron chi connectivity index (χ0n) is 7.98. The van der Waals surface area contributed by atoms with Gasteiger partial charge in [0.2, 0.25) is 0 Å². The quantitative estimate of drug-likeness (QED) is 0.601.